The maximum atomic E-state index is 12.3. The van der Waals surface area contributed by atoms with Gasteiger partial charge >= 0.3 is 0 Å². The number of hydrogen-bond acceptors (Lipinski definition) is 3. The highest BCUT2D eigenvalue weighted by Crippen LogP contribution is 2.18. The van der Waals surface area contributed by atoms with Gasteiger partial charge in [0.25, 0.3) is 0 Å². The van der Waals surface area contributed by atoms with Gasteiger partial charge in [0, 0.05) is 18.8 Å². The molecular weight excluding hydrogens is 260 g/mol. The van der Waals surface area contributed by atoms with E-state index in [4.69, 9.17) is 11.6 Å². The first-order valence-electron chi connectivity index (χ1n) is 5.53. The van der Waals surface area contributed by atoms with Gasteiger partial charge in [0.2, 0.25) is 10.0 Å². The second kappa shape index (κ2) is 5.80. The number of hydrogen-bond donors (Lipinski definition) is 0. The summed E-state index contributed by atoms with van der Waals surface area (Å²) in [4.78, 5) is 3.99. The molecule has 0 aliphatic rings. The Balaban J connectivity index is 3.12. The molecule has 0 radical (unpaired) electrons. The fourth-order valence-corrected chi connectivity index (χ4v) is 3.31. The molecule has 6 heteroatoms. The van der Waals surface area contributed by atoms with E-state index in [2.05, 4.69) is 4.98 Å². The Morgan fingerprint density at radius 3 is 2.47 bits per heavy atom. The zero-order valence-corrected chi connectivity index (χ0v) is 11.8. The number of rotatable bonds is 5. The molecule has 0 aliphatic heterocycles. The van der Waals surface area contributed by atoms with Crippen LogP contribution in [0.3, 0.4) is 0 Å². The van der Waals surface area contributed by atoms with Crippen molar-refractivity contribution < 1.29 is 8.42 Å². The first-order chi connectivity index (χ1) is 7.89. The lowest BCUT2D eigenvalue weighted by atomic mass is 10.4. The van der Waals surface area contributed by atoms with Gasteiger partial charge in [-0.3, -0.25) is 0 Å². The molecular formula is C11H17ClN2O2S. The van der Waals surface area contributed by atoms with Crippen LogP contribution >= 0.6 is 11.6 Å². The topological polar surface area (TPSA) is 50.3 Å². The summed E-state index contributed by atoms with van der Waals surface area (Å²) >= 11 is 5.65. The normalized spacial score (nSPS) is 12.4. The van der Waals surface area contributed by atoms with Crippen molar-refractivity contribution in [2.75, 3.05) is 6.54 Å². The van der Waals surface area contributed by atoms with Gasteiger partial charge in [-0.1, -0.05) is 18.5 Å². The van der Waals surface area contributed by atoms with E-state index in [0.717, 1.165) is 6.42 Å². The van der Waals surface area contributed by atoms with Crippen molar-refractivity contribution in [2.24, 2.45) is 0 Å². The summed E-state index contributed by atoms with van der Waals surface area (Å²) in [6.07, 6.45) is 2.07. The summed E-state index contributed by atoms with van der Waals surface area (Å²) in [6, 6.07) is 2.89. The minimum Gasteiger partial charge on any atom is -0.243 e. The number of nitrogens with zero attached hydrogens (tertiary/aromatic N) is 2. The molecule has 0 saturated carbocycles. The largest absolute Gasteiger partial charge is 0.244 e. The molecule has 0 atom stereocenters. The van der Waals surface area contributed by atoms with Gasteiger partial charge < -0.3 is 0 Å². The Kier molecular flexibility index (Phi) is 4.91. The Hall–Kier alpha value is -0.650. The molecule has 0 aliphatic carbocycles. The maximum absolute atomic E-state index is 12.3. The number of halogens is 1. The average Bonchev–Trinajstić information content (AvgIpc) is 2.25. The van der Waals surface area contributed by atoms with E-state index in [1.54, 1.807) is 0 Å². The second-order valence-corrected chi connectivity index (χ2v) is 6.30. The molecule has 4 nitrogen and oxygen atoms in total. The van der Waals surface area contributed by atoms with E-state index >= 15 is 0 Å². The van der Waals surface area contributed by atoms with Crippen molar-refractivity contribution in [3.8, 4) is 0 Å². The molecule has 0 bridgehead atoms. The summed E-state index contributed by atoms with van der Waals surface area (Å²) in [5.41, 5.74) is 0. The molecule has 17 heavy (non-hydrogen) atoms. The van der Waals surface area contributed by atoms with E-state index in [0.29, 0.717) is 6.54 Å². The SMILES string of the molecule is CCCN(C(C)C)S(=O)(=O)c1ccc(Cl)nc1. The van der Waals surface area contributed by atoms with Crippen molar-refractivity contribution in [3.05, 3.63) is 23.5 Å². The Bertz CT molecular complexity index is 457. The van der Waals surface area contributed by atoms with Crippen LogP contribution in [0.4, 0.5) is 0 Å². The van der Waals surface area contributed by atoms with Crippen LogP contribution in [0, 0.1) is 0 Å². The van der Waals surface area contributed by atoms with E-state index in [9.17, 15) is 8.42 Å². The fraction of sp³-hybridized carbons (Fsp3) is 0.545. The average molecular weight is 277 g/mol. The third-order valence-electron chi connectivity index (χ3n) is 2.33. The van der Waals surface area contributed by atoms with Gasteiger partial charge in [-0.2, -0.15) is 4.31 Å². The third-order valence-corrected chi connectivity index (χ3v) is 4.61. The lowest BCUT2D eigenvalue weighted by Crippen LogP contribution is -2.37. The molecule has 0 fully saturated rings. The van der Waals surface area contributed by atoms with Gasteiger partial charge in [-0.15, -0.1) is 0 Å². The molecule has 0 N–H and O–H groups in total. The molecule has 1 aromatic rings. The molecule has 0 unspecified atom stereocenters. The second-order valence-electron chi connectivity index (χ2n) is 4.03. The zero-order chi connectivity index (χ0) is 13.1. The van der Waals surface area contributed by atoms with Gasteiger partial charge in [0.1, 0.15) is 10.0 Å². The smallest absolute Gasteiger partial charge is 0.243 e. The molecule has 1 heterocycles. The summed E-state index contributed by atoms with van der Waals surface area (Å²) in [5.74, 6) is 0. The van der Waals surface area contributed by atoms with Crippen LogP contribution in [-0.4, -0.2) is 30.3 Å². The summed E-state index contributed by atoms with van der Waals surface area (Å²) in [7, 11) is -3.47. The van der Waals surface area contributed by atoms with Gasteiger partial charge in [-0.25, -0.2) is 13.4 Å². The Labute approximate surface area is 108 Å². The molecule has 0 saturated heterocycles. The van der Waals surface area contributed by atoms with Gasteiger partial charge in [0.05, 0.1) is 0 Å². The molecule has 96 valence electrons. The monoisotopic (exact) mass is 276 g/mol. The molecule has 1 aromatic heterocycles. The highest BCUT2D eigenvalue weighted by molar-refractivity contribution is 7.89. The lowest BCUT2D eigenvalue weighted by molar-refractivity contribution is 0.354. The molecule has 0 aromatic carbocycles. The number of aromatic nitrogens is 1. The highest BCUT2D eigenvalue weighted by Gasteiger charge is 2.26. The van der Waals surface area contributed by atoms with Crippen molar-refractivity contribution in [3.63, 3.8) is 0 Å². The summed E-state index contributed by atoms with van der Waals surface area (Å²) in [6.45, 7) is 6.17. The lowest BCUT2D eigenvalue weighted by Gasteiger charge is -2.25. The Morgan fingerprint density at radius 2 is 2.06 bits per heavy atom. The minimum absolute atomic E-state index is 0.0735. The van der Waals surface area contributed by atoms with Crippen LogP contribution in [0.5, 0.6) is 0 Å². The predicted molar refractivity (Wildman–Crippen MR) is 68.6 cm³/mol. The first-order valence-corrected chi connectivity index (χ1v) is 7.34. The van der Waals surface area contributed by atoms with Gasteiger partial charge in [-0.05, 0) is 32.4 Å². The van der Waals surface area contributed by atoms with Crippen molar-refractivity contribution in [2.45, 2.75) is 38.1 Å². The van der Waals surface area contributed by atoms with E-state index in [1.807, 2.05) is 20.8 Å². The standard InChI is InChI=1S/C11H17ClN2O2S/c1-4-7-14(9(2)3)17(15,16)10-5-6-11(12)13-8-10/h5-6,8-9H,4,7H2,1-3H3. The van der Waals surface area contributed by atoms with E-state index in [-0.39, 0.29) is 16.1 Å². The first kappa shape index (κ1) is 14.4. The molecule has 0 spiro atoms. The van der Waals surface area contributed by atoms with Crippen molar-refractivity contribution in [1.82, 2.24) is 9.29 Å². The zero-order valence-electron chi connectivity index (χ0n) is 10.2. The van der Waals surface area contributed by atoms with Crippen LogP contribution in [0.15, 0.2) is 23.2 Å². The Morgan fingerprint density at radius 1 is 1.41 bits per heavy atom. The molecule has 0 amide bonds. The summed E-state index contributed by atoms with van der Waals surface area (Å²) < 4.78 is 26.1. The summed E-state index contributed by atoms with van der Waals surface area (Å²) in [5, 5.41) is 0.288. The highest BCUT2D eigenvalue weighted by atomic mass is 35.5. The third kappa shape index (κ3) is 3.40. The fourth-order valence-electron chi connectivity index (χ4n) is 1.53. The van der Waals surface area contributed by atoms with Crippen LogP contribution < -0.4 is 0 Å². The maximum Gasteiger partial charge on any atom is 0.244 e. The van der Waals surface area contributed by atoms with E-state index in [1.165, 1.54) is 22.6 Å². The quantitative estimate of drug-likeness (QED) is 0.777. The number of sulfonamides is 1. The van der Waals surface area contributed by atoms with Crippen LogP contribution in [0.25, 0.3) is 0 Å². The van der Waals surface area contributed by atoms with Gasteiger partial charge in [0.15, 0.2) is 0 Å². The van der Waals surface area contributed by atoms with E-state index < -0.39 is 10.0 Å². The van der Waals surface area contributed by atoms with Crippen LogP contribution in [0.1, 0.15) is 27.2 Å². The van der Waals surface area contributed by atoms with Crippen LogP contribution in [0.2, 0.25) is 5.15 Å². The number of pyridine rings is 1. The predicted octanol–water partition coefficient (Wildman–Crippen LogP) is 2.54. The molecule has 1 rings (SSSR count). The van der Waals surface area contributed by atoms with Crippen molar-refractivity contribution in [1.29, 1.82) is 0 Å². The minimum atomic E-state index is -3.47. The van der Waals surface area contributed by atoms with Crippen molar-refractivity contribution >= 4 is 21.6 Å². The van der Waals surface area contributed by atoms with Crippen LogP contribution in [-0.2, 0) is 10.0 Å².